The lowest BCUT2D eigenvalue weighted by molar-refractivity contribution is 0.102. The van der Waals surface area contributed by atoms with Gasteiger partial charge in [-0.15, -0.1) is 5.10 Å². The van der Waals surface area contributed by atoms with Crippen molar-refractivity contribution in [3.8, 4) is 5.69 Å². The van der Waals surface area contributed by atoms with Crippen LogP contribution in [0.4, 0.5) is 5.69 Å². The van der Waals surface area contributed by atoms with Crippen LogP contribution in [0.3, 0.4) is 0 Å². The smallest absolute Gasteiger partial charge is 0.260 e. The van der Waals surface area contributed by atoms with Crippen LogP contribution in [0.25, 0.3) is 5.69 Å². The Morgan fingerprint density at radius 3 is 2.86 bits per heavy atom. The molecule has 21 heavy (non-hydrogen) atoms. The van der Waals surface area contributed by atoms with Gasteiger partial charge in [-0.05, 0) is 63.1 Å². The first kappa shape index (κ1) is 13.5. The largest absolute Gasteiger partial charge is 0.457 e. The number of hydrogen-bond donors (Lipinski definition) is 1. The van der Waals surface area contributed by atoms with Gasteiger partial charge in [-0.1, -0.05) is 0 Å². The van der Waals surface area contributed by atoms with Gasteiger partial charge in [-0.2, -0.15) is 0 Å². The fraction of sp³-hybridized carbons (Fsp3) is 0.0769. The van der Waals surface area contributed by atoms with Gasteiger partial charge in [-0.3, -0.25) is 4.79 Å². The topological polar surface area (TPSA) is 85.8 Å². The third-order valence-corrected chi connectivity index (χ3v) is 3.53. The second kappa shape index (κ2) is 5.49. The molecule has 0 aliphatic rings. The molecule has 0 unspecified atom stereocenters. The minimum absolute atomic E-state index is 0.245. The monoisotopic (exact) mass is 347 g/mol. The number of aromatic nitrogens is 4. The van der Waals surface area contributed by atoms with Crippen LogP contribution < -0.4 is 5.32 Å². The number of amides is 1. The molecule has 1 aromatic carbocycles. The fourth-order valence-corrected chi connectivity index (χ4v) is 2.34. The number of rotatable bonds is 3. The molecule has 8 heteroatoms. The van der Waals surface area contributed by atoms with Crippen molar-refractivity contribution in [2.45, 2.75) is 6.92 Å². The predicted octanol–water partition coefficient (Wildman–Crippen LogP) is 2.58. The van der Waals surface area contributed by atoms with Gasteiger partial charge in [0.05, 0.1) is 17.5 Å². The molecular weight excluding hydrogens is 338 g/mol. The summed E-state index contributed by atoms with van der Waals surface area (Å²) in [6.45, 7) is 1.92. The van der Waals surface area contributed by atoms with Crippen LogP contribution in [0.15, 0.2) is 45.9 Å². The van der Waals surface area contributed by atoms with Crippen molar-refractivity contribution in [1.29, 1.82) is 0 Å². The van der Waals surface area contributed by atoms with E-state index in [0.29, 0.717) is 15.9 Å². The SMILES string of the molecule is Cc1cc(NC(=O)c2ccoc2Br)ccc1-n1cnnn1. The highest BCUT2D eigenvalue weighted by Crippen LogP contribution is 2.21. The standard InChI is InChI=1S/C13H10BrN5O2/c1-8-6-9(2-3-11(8)19-7-15-17-18-19)16-13(20)10-4-5-21-12(10)14/h2-7H,1H3,(H,16,20). The number of nitrogens with zero attached hydrogens (tertiary/aromatic N) is 4. The number of furan rings is 1. The summed E-state index contributed by atoms with van der Waals surface area (Å²) < 4.78 is 7.01. The van der Waals surface area contributed by atoms with E-state index in [0.717, 1.165) is 11.3 Å². The molecule has 3 rings (SSSR count). The lowest BCUT2D eigenvalue weighted by Crippen LogP contribution is -2.12. The van der Waals surface area contributed by atoms with Gasteiger partial charge in [0.25, 0.3) is 5.91 Å². The van der Waals surface area contributed by atoms with Crippen molar-refractivity contribution in [1.82, 2.24) is 20.2 Å². The summed E-state index contributed by atoms with van der Waals surface area (Å²) in [5.41, 5.74) is 2.91. The summed E-state index contributed by atoms with van der Waals surface area (Å²) in [5, 5.41) is 13.9. The second-order valence-electron chi connectivity index (χ2n) is 4.32. The average molecular weight is 348 g/mol. The molecule has 0 saturated carbocycles. The zero-order valence-electron chi connectivity index (χ0n) is 10.9. The molecule has 1 N–H and O–H groups in total. The lowest BCUT2D eigenvalue weighted by atomic mass is 10.1. The fourth-order valence-electron chi connectivity index (χ4n) is 1.92. The predicted molar refractivity (Wildman–Crippen MR) is 78.3 cm³/mol. The maximum atomic E-state index is 12.1. The van der Waals surface area contributed by atoms with Crippen LogP contribution >= 0.6 is 15.9 Å². The molecule has 0 aliphatic carbocycles. The molecule has 0 spiro atoms. The highest BCUT2D eigenvalue weighted by molar-refractivity contribution is 9.10. The Morgan fingerprint density at radius 2 is 2.24 bits per heavy atom. The molecule has 7 nitrogen and oxygen atoms in total. The van der Waals surface area contributed by atoms with Crippen LogP contribution in [0.1, 0.15) is 15.9 Å². The molecule has 2 aromatic heterocycles. The van der Waals surface area contributed by atoms with E-state index >= 15 is 0 Å². The van der Waals surface area contributed by atoms with E-state index in [9.17, 15) is 4.79 Å². The quantitative estimate of drug-likeness (QED) is 0.786. The van der Waals surface area contributed by atoms with Gasteiger partial charge in [-0.25, -0.2) is 4.68 Å². The number of aryl methyl sites for hydroxylation is 1. The molecule has 1 amide bonds. The first-order chi connectivity index (χ1) is 10.1. The number of carbonyl (C=O) groups excluding carboxylic acids is 1. The van der Waals surface area contributed by atoms with Gasteiger partial charge in [0, 0.05) is 5.69 Å². The third-order valence-electron chi connectivity index (χ3n) is 2.91. The van der Waals surface area contributed by atoms with E-state index in [-0.39, 0.29) is 5.91 Å². The summed E-state index contributed by atoms with van der Waals surface area (Å²) in [7, 11) is 0. The Balaban J connectivity index is 1.83. The van der Waals surface area contributed by atoms with Gasteiger partial charge in [0.15, 0.2) is 4.67 Å². The van der Waals surface area contributed by atoms with Crippen LogP contribution in [-0.2, 0) is 0 Å². The molecular formula is C13H10BrN5O2. The number of carbonyl (C=O) groups is 1. The molecule has 0 atom stereocenters. The zero-order valence-corrected chi connectivity index (χ0v) is 12.5. The first-order valence-corrected chi connectivity index (χ1v) is 6.83. The Labute approximate surface area is 128 Å². The van der Waals surface area contributed by atoms with Crippen LogP contribution in [0.2, 0.25) is 0 Å². The maximum Gasteiger partial charge on any atom is 0.260 e. The van der Waals surface area contributed by atoms with Crippen molar-refractivity contribution >= 4 is 27.5 Å². The summed E-state index contributed by atoms with van der Waals surface area (Å²) in [5.74, 6) is -0.245. The third kappa shape index (κ3) is 2.70. The molecule has 0 aliphatic heterocycles. The van der Waals surface area contributed by atoms with Gasteiger partial charge in [0.2, 0.25) is 0 Å². The van der Waals surface area contributed by atoms with E-state index < -0.39 is 0 Å². The van der Waals surface area contributed by atoms with Gasteiger partial charge in [0.1, 0.15) is 6.33 Å². The summed E-state index contributed by atoms with van der Waals surface area (Å²) in [6, 6.07) is 7.08. The first-order valence-electron chi connectivity index (χ1n) is 6.03. The number of anilines is 1. The summed E-state index contributed by atoms with van der Waals surface area (Å²) in [6.07, 6.45) is 2.97. The molecule has 0 radical (unpaired) electrons. The molecule has 106 valence electrons. The number of nitrogens with one attached hydrogen (secondary N) is 1. The van der Waals surface area contributed by atoms with E-state index in [2.05, 4.69) is 36.8 Å². The van der Waals surface area contributed by atoms with Crippen LogP contribution in [-0.4, -0.2) is 26.1 Å². The van der Waals surface area contributed by atoms with E-state index in [1.165, 1.54) is 12.6 Å². The highest BCUT2D eigenvalue weighted by Gasteiger charge is 2.13. The molecule has 2 heterocycles. The normalized spacial score (nSPS) is 10.6. The van der Waals surface area contributed by atoms with Crippen molar-refractivity contribution in [3.63, 3.8) is 0 Å². The molecule has 0 saturated heterocycles. The number of hydrogen-bond acceptors (Lipinski definition) is 5. The van der Waals surface area contributed by atoms with E-state index in [1.807, 2.05) is 19.1 Å². The highest BCUT2D eigenvalue weighted by atomic mass is 79.9. The maximum absolute atomic E-state index is 12.1. The Hall–Kier alpha value is -2.48. The molecule has 3 aromatic rings. The Morgan fingerprint density at radius 1 is 1.38 bits per heavy atom. The van der Waals surface area contributed by atoms with E-state index in [1.54, 1.807) is 16.8 Å². The number of halogens is 1. The number of tetrazole rings is 1. The number of benzene rings is 1. The average Bonchev–Trinajstić information content (AvgIpc) is 3.10. The second-order valence-corrected chi connectivity index (χ2v) is 5.04. The van der Waals surface area contributed by atoms with E-state index in [4.69, 9.17) is 4.42 Å². The lowest BCUT2D eigenvalue weighted by Gasteiger charge is -2.08. The van der Waals surface area contributed by atoms with Crippen molar-refractivity contribution in [2.24, 2.45) is 0 Å². The van der Waals surface area contributed by atoms with Gasteiger partial charge >= 0.3 is 0 Å². The Kier molecular flexibility index (Phi) is 3.53. The van der Waals surface area contributed by atoms with Crippen LogP contribution in [0, 0.1) is 6.92 Å². The van der Waals surface area contributed by atoms with Crippen molar-refractivity contribution in [2.75, 3.05) is 5.32 Å². The van der Waals surface area contributed by atoms with Crippen molar-refractivity contribution < 1.29 is 9.21 Å². The molecule has 0 bridgehead atoms. The van der Waals surface area contributed by atoms with Crippen LogP contribution in [0.5, 0.6) is 0 Å². The summed E-state index contributed by atoms with van der Waals surface area (Å²) in [4.78, 5) is 12.1. The Bertz CT molecular complexity index is 782. The molecule has 0 fully saturated rings. The minimum Gasteiger partial charge on any atom is -0.457 e. The minimum atomic E-state index is -0.245. The summed E-state index contributed by atoms with van der Waals surface area (Å²) >= 11 is 3.18. The zero-order chi connectivity index (χ0) is 14.8. The van der Waals surface area contributed by atoms with Crippen molar-refractivity contribution in [3.05, 3.63) is 52.7 Å². The van der Waals surface area contributed by atoms with Gasteiger partial charge < -0.3 is 9.73 Å².